The number of nitrogens with one attached hydrogen (secondary N) is 2. The van der Waals surface area contributed by atoms with Gasteiger partial charge in [0.25, 0.3) is 5.91 Å². The highest BCUT2D eigenvalue weighted by Gasteiger charge is 2.16. The van der Waals surface area contributed by atoms with Crippen molar-refractivity contribution in [1.82, 2.24) is 15.6 Å². The minimum atomic E-state index is -0.542. The molecule has 1 aromatic heterocycles. The summed E-state index contributed by atoms with van der Waals surface area (Å²) in [5.41, 5.74) is 1.92. The summed E-state index contributed by atoms with van der Waals surface area (Å²) in [7, 11) is 0. The van der Waals surface area contributed by atoms with Gasteiger partial charge in [-0.3, -0.25) is 9.59 Å². The molecule has 1 aromatic rings. The maximum Gasteiger partial charge on any atom is 0.271 e. The van der Waals surface area contributed by atoms with Crippen LogP contribution in [0.15, 0.2) is 10.9 Å². The first kappa shape index (κ1) is 11.6. The van der Waals surface area contributed by atoms with Gasteiger partial charge in [-0.25, -0.2) is 4.98 Å². The fourth-order valence-corrected chi connectivity index (χ4v) is 1.52. The highest BCUT2D eigenvalue weighted by atomic mass is 32.1. The van der Waals surface area contributed by atoms with Gasteiger partial charge >= 0.3 is 0 Å². The molecular weight excluding hydrogens is 214 g/mol. The highest BCUT2D eigenvalue weighted by Crippen LogP contribution is 2.00. The van der Waals surface area contributed by atoms with Crippen molar-refractivity contribution < 1.29 is 9.59 Å². The van der Waals surface area contributed by atoms with Crippen LogP contribution in [0.4, 0.5) is 0 Å². The Bertz CT molecular complexity index is 337. The molecule has 5 nitrogen and oxygen atoms in total. The lowest BCUT2D eigenvalue weighted by Crippen LogP contribution is -2.44. The number of likely N-dealkylation sites (N-methyl/N-ethyl adjacent to an activating group) is 1. The molecule has 6 heteroatoms. The van der Waals surface area contributed by atoms with E-state index in [9.17, 15) is 9.59 Å². The van der Waals surface area contributed by atoms with Crippen LogP contribution in [0, 0.1) is 0 Å². The summed E-state index contributed by atoms with van der Waals surface area (Å²) in [6.07, 6.45) is 0. The van der Waals surface area contributed by atoms with E-state index < -0.39 is 6.04 Å². The summed E-state index contributed by atoms with van der Waals surface area (Å²) in [5, 5.41) is 6.82. The third kappa shape index (κ3) is 3.32. The van der Waals surface area contributed by atoms with E-state index >= 15 is 0 Å². The lowest BCUT2D eigenvalue weighted by molar-refractivity contribution is -0.122. The molecular formula is C9H13N3O2S. The first-order valence-corrected chi connectivity index (χ1v) is 5.56. The van der Waals surface area contributed by atoms with Gasteiger partial charge in [-0.2, -0.15) is 0 Å². The minimum absolute atomic E-state index is 0.193. The molecule has 82 valence electrons. The Morgan fingerprint density at radius 1 is 1.60 bits per heavy atom. The van der Waals surface area contributed by atoms with Gasteiger partial charge in [-0.05, 0) is 13.8 Å². The Hall–Kier alpha value is -1.43. The van der Waals surface area contributed by atoms with E-state index in [1.165, 1.54) is 11.3 Å². The molecule has 0 aliphatic heterocycles. The van der Waals surface area contributed by atoms with Gasteiger partial charge in [0.1, 0.15) is 11.7 Å². The average molecular weight is 227 g/mol. The Labute approximate surface area is 91.9 Å². The summed E-state index contributed by atoms with van der Waals surface area (Å²) in [6.45, 7) is 4.01. The number of thiazole rings is 1. The third-order valence-electron chi connectivity index (χ3n) is 1.76. The average Bonchev–Trinajstić information content (AvgIpc) is 2.70. The van der Waals surface area contributed by atoms with Crippen LogP contribution < -0.4 is 10.6 Å². The Morgan fingerprint density at radius 2 is 2.33 bits per heavy atom. The fraction of sp³-hybridized carbons (Fsp3) is 0.444. The lowest BCUT2D eigenvalue weighted by atomic mass is 10.3. The topological polar surface area (TPSA) is 71.1 Å². The van der Waals surface area contributed by atoms with Gasteiger partial charge < -0.3 is 10.6 Å². The standard InChI is InChI=1S/C9H13N3O2S/c1-3-10-8(13)6(2)12-9(14)7-4-15-5-11-7/h4-6H,3H2,1-2H3,(H,10,13)(H,12,14). The second kappa shape index (κ2) is 5.45. The predicted octanol–water partition coefficient (Wildman–Crippen LogP) is 0.397. The van der Waals surface area contributed by atoms with Crippen molar-refractivity contribution in [3.63, 3.8) is 0 Å². The molecule has 0 aliphatic carbocycles. The van der Waals surface area contributed by atoms with Gasteiger partial charge in [-0.1, -0.05) is 0 Å². The SMILES string of the molecule is CCNC(=O)C(C)NC(=O)c1cscn1. The third-order valence-corrected chi connectivity index (χ3v) is 2.34. The van der Waals surface area contributed by atoms with Crippen molar-refractivity contribution in [3.05, 3.63) is 16.6 Å². The van der Waals surface area contributed by atoms with E-state index in [-0.39, 0.29) is 11.8 Å². The van der Waals surface area contributed by atoms with Gasteiger partial charge in [0.15, 0.2) is 0 Å². The van der Waals surface area contributed by atoms with Gasteiger partial charge in [0.05, 0.1) is 5.51 Å². The second-order valence-electron chi connectivity index (χ2n) is 2.96. The Kier molecular flexibility index (Phi) is 4.23. The van der Waals surface area contributed by atoms with Crippen molar-refractivity contribution in [1.29, 1.82) is 0 Å². The molecule has 0 saturated carbocycles. The number of aromatic nitrogens is 1. The molecule has 0 saturated heterocycles. The van der Waals surface area contributed by atoms with Crippen molar-refractivity contribution in [2.75, 3.05) is 6.54 Å². The van der Waals surface area contributed by atoms with Crippen LogP contribution in [0.1, 0.15) is 24.3 Å². The number of amides is 2. The quantitative estimate of drug-likeness (QED) is 0.782. The molecule has 1 rings (SSSR count). The monoisotopic (exact) mass is 227 g/mol. The zero-order valence-corrected chi connectivity index (χ0v) is 9.43. The van der Waals surface area contributed by atoms with Gasteiger partial charge in [0.2, 0.25) is 5.91 Å². The lowest BCUT2D eigenvalue weighted by Gasteiger charge is -2.11. The van der Waals surface area contributed by atoms with Crippen LogP contribution in [0.25, 0.3) is 0 Å². The number of hydrogen-bond donors (Lipinski definition) is 2. The normalized spacial score (nSPS) is 11.9. The molecule has 0 spiro atoms. The number of rotatable bonds is 4. The molecule has 15 heavy (non-hydrogen) atoms. The molecule has 1 heterocycles. The fourth-order valence-electron chi connectivity index (χ4n) is 0.988. The molecule has 0 radical (unpaired) electrons. The summed E-state index contributed by atoms with van der Waals surface area (Å²) in [6, 6.07) is -0.542. The molecule has 2 N–H and O–H groups in total. The van der Waals surface area contributed by atoms with Crippen LogP contribution in [-0.2, 0) is 4.79 Å². The van der Waals surface area contributed by atoms with E-state index in [0.29, 0.717) is 12.2 Å². The number of carbonyl (C=O) groups excluding carboxylic acids is 2. The van der Waals surface area contributed by atoms with E-state index in [1.807, 2.05) is 6.92 Å². The highest BCUT2D eigenvalue weighted by molar-refractivity contribution is 7.07. The second-order valence-corrected chi connectivity index (χ2v) is 3.68. The smallest absolute Gasteiger partial charge is 0.271 e. The van der Waals surface area contributed by atoms with Crippen molar-refractivity contribution in [2.45, 2.75) is 19.9 Å². The van der Waals surface area contributed by atoms with Gasteiger partial charge in [-0.15, -0.1) is 11.3 Å². The zero-order chi connectivity index (χ0) is 11.3. The number of carbonyl (C=O) groups is 2. The van der Waals surface area contributed by atoms with E-state index in [4.69, 9.17) is 0 Å². The van der Waals surface area contributed by atoms with Crippen molar-refractivity contribution in [3.8, 4) is 0 Å². The predicted molar refractivity (Wildman–Crippen MR) is 57.7 cm³/mol. The van der Waals surface area contributed by atoms with Crippen LogP contribution in [0.2, 0.25) is 0 Å². The molecule has 1 unspecified atom stereocenters. The molecule has 0 aliphatic rings. The maximum absolute atomic E-state index is 11.5. The number of hydrogen-bond acceptors (Lipinski definition) is 4. The zero-order valence-electron chi connectivity index (χ0n) is 8.61. The maximum atomic E-state index is 11.5. The molecule has 1 atom stereocenters. The molecule has 2 amide bonds. The van der Waals surface area contributed by atoms with Crippen molar-refractivity contribution in [2.24, 2.45) is 0 Å². The van der Waals surface area contributed by atoms with E-state index in [1.54, 1.807) is 17.8 Å². The molecule has 0 aromatic carbocycles. The minimum Gasteiger partial charge on any atom is -0.355 e. The van der Waals surface area contributed by atoms with Crippen LogP contribution >= 0.6 is 11.3 Å². The summed E-state index contributed by atoms with van der Waals surface area (Å²) < 4.78 is 0. The van der Waals surface area contributed by atoms with Crippen molar-refractivity contribution >= 4 is 23.2 Å². The molecule has 0 bridgehead atoms. The van der Waals surface area contributed by atoms with Gasteiger partial charge in [0, 0.05) is 11.9 Å². The Morgan fingerprint density at radius 3 is 2.87 bits per heavy atom. The van der Waals surface area contributed by atoms with Crippen LogP contribution in [0.3, 0.4) is 0 Å². The summed E-state index contributed by atoms with van der Waals surface area (Å²) >= 11 is 1.34. The van der Waals surface area contributed by atoms with Crippen LogP contribution in [0.5, 0.6) is 0 Å². The Balaban J connectivity index is 2.48. The molecule has 0 fully saturated rings. The van der Waals surface area contributed by atoms with E-state index in [0.717, 1.165) is 0 Å². The summed E-state index contributed by atoms with van der Waals surface area (Å²) in [4.78, 5) is 26.6. The number of nitrogens with zero attached hydrogens (tertiary/aromatic N) is 1. The van der Waals surface area contributed by atoms with E-state index in [2.05, 4.69) is 15.6 Å². The first-order valence-electron chi connectivity index (χ1n) is 4.62. The first-order chi connectivity index (χ1) is 7.15. The van der Waals surface area contributed by atoms with Crippen LogP contribution in [-0.4, -0.2) is 29.4 Å². The largest absolute Gasteiger partial charge is 0.355 e. The summed E-state index contributed by atoms with van der Waals surface area (Å²) in [5.74, 6) is -0.518.